The Kier molecular flexibility index (Phi) is 15.0. The Balaban J connectivity index is 0.000000480. The summed E-state index contributed by atoms with van der Waals surface area (Å²) in [5.41, 5.74) is 22.2. The summed E-state index contributed by atoms with van der Waals surface area (Å²) in [5, 5.41) is 35.5. The Hall–Kier alpha value is -4.89. The van der Waals surface area contributed by atoms with E-state index in [1.807, 2.05) is 0 Å². The molecule has 7 N–H and O–H groups in total. The topological polar surface area (TPSA) is 325 Å². The molecule has 23 heteroatoms. The Labute approximate surface area is 277 Å². The second-order valence-electron chi connectivity index (χ2n) is 10.7. The van der Waals surface area contributed by atoms with E-state index in [0.29, 0.717) is 0 Å². The van der Waals surface area contributed by atoms with Crippen molar-refractivity contribution < 1.29 is 43.1 Å². The number of aliphatic hydroxyl groups is 3. The Morgan fingerprint density at radius 1 is 0.959 bits per heavy atom. The zero-order valence-electron chi connectivity index (χ0n) is 24.9. The first-order valence-corrected chi connectivity index (χ1v) is 13.7. The molecule has 272 valence electrons. The molecule has 2 saturated heterocycles. The minimum Gasteiger partial charge on any atom is -0.456 e. The van der Waals surface area contributed by atoms with Gasteiger partial charge < -0.3 is 41.0 Å². The lowest BCUT2D eigenvalue weighted by Crippen LogP contribution is -2.50. The molecule has 0 saturated carbocycles. The molecule has 0 amide bonds. The smallest absolute Gasteiger partial charge is 0.351 e. The molecule has 2 aromatic rings. The third-order valence-corrected chi connectivity index (χ3v) is 7.21. The van der Waals surface area contributed by atoms with Crippen molar-refractivity contribution >= 4 is 17.6 Å². The van der Waals surface area contributed by atoms with Gasteiger partial charge in [-0.3, -0.25) is 13.9 Å². The van der Waals surface area contributed by atoms with Crippen LogP contribution in [-0.2, 0) is 19.0 Å². The highest BCUT2D eigenvalue weighted by molar-refractivity contribution is 5.72. The number of alkyl halides is 2. The van der Waals surface area contributed by atoms with Gasteiger partial charge in [0, 0.05) is 22.2 Å². The van der Waals surface area contributed by atoms with Gasteiger partial charge in [-0.05, 0) is 23.2 Å². The van der Waals surface area contributed by atoms with Crippen LogP contribution >= 0.6 is 0 Å². The van der Waals surface area contributed by atoms with E-state index in [9.17, 15) is 34.1 Å². The summed E-state index contributed by atoms with van der Waals surface area (Å²) in [6.45, 7) is 0.493. The summed E-state index contributed by atoms with van der Waals surface area (Å²) in [6, 6.07) is 2.52. The summed E-state index contributed by atoms with van der Waals surface area (Å²) >= 11 is 0. The molecule has 0 spiro atoms. The van der Waals surface area contributed by atoms with Crippen molar-refractivity contribution in [2.45, 2.75) is 76.9 Å². The predicted molar refractivity (Wildman–Crippen MR) is 168 cm³/mol. The number of carbonyl (C=O) groups is 1. The lowest BCUT2D eigenvalue weighted by molar-refractivity contribution is -0.170. The molecule has 21 nitrogen and oxygen atoms in total. The Morgan fingerprint density at radius 2 is 1.39 bits per heavy atom. The number of halogens is 2. The van der Waals surface area contributed by atoms with Crippen LogP contribution in [0.4, 0.5) is 20.4 Å². The van der Waals surface area contributed by atoms with Crippen LogP contribution < -0.4 is 22.8 Å². The van der Waals surface area contributed by atoms with E-state index >= 15 is 4.39 Å². The number of esters is 1. The molecule has 0 aliphatic carbocycles. The molecule has 0 radical (unpaired) electrons. The van der Waals surface area contributed by atoms with Gasteiger partial charge in [-0.2, -0.15) is 9.97 Å². The quantitative estimate of drug-likeness (QED) is 0.0985. The first kappa shape index (κ1) is 42.1. The zero-order valence-corrected chi connectivity index (χ0v) is 24.9. The van der Waals surface area contributed by atoms with Crippen LogP contribution in [0.15, 0.2) is 44.3 Å². The molecule has 0 aromatic carbocycles. The summed E-state index contributed by atoms with van der Waals surface area (Å²) in [4.78, 5) is 47.6. The summed E-state index contributed by atoms with van der Waals surface area (Å²) in [7, 11) is 0. The second-order valence-corrected chi connectivity index (χ2v) is 10.7. The fourth-order valence-electron chi connectivity index (χ4n) is 4.65. The molecule has 8 atom stereocenters. The van der Waals surface area contributed by atoms with Crippen molar-refractivity contribution in [3.63, 3.8) is 0 Å². The van der Waals surface area contributed by atoms with Crippen molar-refractivity contribution in [2.24, 2.45) is 16.1 Å². The van der Waals surface area contributed by atoms with Crippen molar-refractivity contribution in [1.82, 2.24) is 19.1 Å². The summed E-state index contributed by atoms with van der Waals surface area (Å²) in [6.07, 6.45) is -8.15. The normalized spacial score (nSPS) is 28.5. The lowest BCUT2D eigenvalue weighted by Gasteiger charge is -2.30. The van der Waals surface area contributed by atoms with Crippen LogP contribution in [0, 0.1) is 5.92 Å². The van der Waals surface area contributed by atoms with Gasteiger partial charge in [0.15, 0.2) is 30.9 Å². The average molecular weight is 703 g/mol. The monoisotopic (exact) mass is 702 g/mol. The Morgan fingerprint density at radius 3 is 1.80 bits per heavy atom. The van der Waals surface area contributed by atoms with Crippen LogP contribution in [-0.4, -0.2) is 102 Å². The Bertz CT molecular complexity index is 1650. The van der Waals surface area contributed by atoms with Crippen LogP contribution in [0.5, 0.6) is 0 Å². The molecule has 4 rings (SSSR count). The number of carbonyl (C=O) groups excluding carboxylic acids is 1. The number of anilines is 2. The van der Waals surface area contributed by atoms with Gasteiger partial charge in [-0.25, -0.2) is 18.4 Å². The van der Waals surface area contributed by atoms with E-state index < -0.39 is 97.8 Å². The fourth-order valence-corrected chi connectivity index (χ4v) is 4.65. The third-order valence-electron chi connectivity index (χ3n) is 7.21. The second kappa shape index (κ2) is 17.5. The highest BCUT2D eigenvalue weighted by Crippen LogP contribution is 2.41. The van der Waals surface area contributed by atoms with Crippen LogP contribution in [0.2, 0.25) is 0 Å². The number of nitrogen functional groups attached to an aromatic ring is 2. The van der Waals surface area contributed by atoms with E-state index in [2.05, 4.69) is 30.0 Å². The van der Waals surface area contributed by atoms with Gasteiger partial charge in [0.05, 0.1) is 32.2 Å². The number of hydrogen-bond acceptors (Lipinski definition) is 15. The molecule has 2 aromatic heterocycles. The first-order valence-electron chi connectivity index (χ1n) is 13.7. The van der Waals surface area contributed by atoms with E-state index in [1.54, 1.807) is 13.8 Å². The van der Waals surface area contributed by atoms with Crippen LogP contribution in [0.3, 0.4) is 0 Å². The van der Waals surface area contributed by atoms with Crippen molar-refractivity contribution in [2.75, 3.05) is 37.8 Å². The number of aliphatic hydroxyl groups excluding tert-OH is 3. The number of hydrogen-bond donors (Lipinski definition) is 5. The van der Waals surface area contributed by atoms with Crippen molar-refractivity contribution in [3.05, 3.63) is 66.4 Å². The minimum absolute atomic E-state index is 0. The van der Waals surface area contributed by atoms with E-state index in [4.69, 9.17) is 36.7 Å². The van der Waals surface area contributed by atoms with Crippen molar-refractivity contribution in [3.8, 4) is 0 Å². The largest absolute Gasteiger partial charge is 0.456 e. The zero-order chi connectivity index (χ0) is 35.1. The molecule has 2 fully saturated rings. The number of ether oxygens (including phenoxy) is 3. The SMILES string of the molecule is C.C.CC(C)C(=O)O[C@H]1[C@@H](F)[C@H](n2ccc(N)nc2=O)O[C@@]1(CO)CN=[N+]=[N-].[N-]=[N+]=NC[C@]1(CO)O[C@@H](n2ccc(N)nc2=O)[C@H](F)[C@@H]1O. The highest BCUT2D eigenvalue weighted by atomic mass is 19.1. The first-order chi connectivity index (χ1) is 22.2. The van der Waals surface area contributed by atoms with Crippen molar-refractivity contribution in [1.29, 1.82) is 0 Å². The van der Waals surface area contributed by atoms with Gasteiger partial charge in [-0.1, -0.05) is 38.9 Å². The molecule has 2 aliphatic heterocycles. The van der Waals surface area contributed by atoms with E-state index in [0.717, 1.165) is 15.3 Å². The standard InChI is InChI=1S/C14H19FN6O5.C10H13FN6O4.2CH4/c1-7(2)12(23)25-10-9(15)11(21-4-3-8(16)19-13(21)24)26-14(10,6-22)5-18-20-17;11-6-7(19)10(4-18,3-14-16-13)21-8(6)17-2-1-5(12)15-9(17)20;;/h3-4,7,9-11,22H,5-6H2,1-2H3,(H2,16,19,24);1-2,6-8,18-19H,3-4H2,(H2,12,15,20);2*1H4/t9-,10+,11-,14-;6-,7+,8-,10-;;/m11../s1. The van der Waals surface area contributed by atoms with E-state index in [1.165, 1.54) is 18.3 Å². The molecule has 4 heterocycles. The van der Waals surface area contributed by atoms with Gasteiger partial charge in [0.25, 0.3) is 0 Å². The minimum atomic E-state index is -2.03. The fraction of sp³-hybridized carbons (Fsp3) is 0.654. The molecule has 0 unspecified atom stereocenters. The number of nitrogens with zero attached hydrogens (tertiary/aromatic N) is 10. The van der Waals surface area contributed by atoms with Gasteiger partial charge in [0.2, 0.25) is 0 Å². The van der Waals surface area contributed by atoms with Crippen LogP contribution in [0.1, 0.15) is 41.2 Å². The molecule has 2 aliphatic rings. The predicted octanol–water partition coefficient (Wildman–Crippen LogP) is 0.669. The number of nitrogens with two attached hydrogens (primary N) is 2. The summed E-state index contributed by atoms with van der Waals surface area (Å²) in [5.74, 6) is -1.42. The number of azide groups is 2. The van der Waals surface area contributed by atoms with Gasteiger partial charge in [0.1, 0.15) is 28.9 Å². The molecule has 49 heavy (non-hydrogen) atoms. The van der Waals surface area contributed by atoms with Gasteiger partial charge >= 0.3 is 17.3 Å². The van der Waals surface area contributed by atoms with Gasteiger partial charge in [-0.15, -0.1) is 0 Å². The third kappa shape index (κ3) is 8.78. The number of rotatable bonds is 10. The highest BCUT2D eigenvalue weighted by Gasteiger charge is 2.59. The maximum Gasteiger partial charge on any atom is 0.351 e. The molecule has 0 bridgehead atoms. The lowest BCUT2D eigenvalue weighted by atomic mass is 9.96. The average Bonchev–Trinajstić information content (AvgIpc) is 3.45. The summed E-state index contributed by atoms with van der Waals surface area (Å²) < 4.78 is 46.9. The van der Waals surface area contributed by atoms with Crippen LogP contribution in [0.25, 0.3) is 20.9 Å². The van der Waals surface area contributed by atoms with E-state index in [-0.39, 0.29) is 26.5 Å². The maximum absolute atomic E-state index is 15.1. The molecular formula is C26H40F2N12O9. The number of aromatic nitrogens is 4. The molecular weight excluding hydrogens is 662 g/mol. The maximum atomic E-state index is 15.1.